The van der Waals surface area contributed by atoms with E-state index in [4.69, 9.17) is 0 Å². The van der Waals surface area contributed by atoms with Crippen molar-refractivity contribution in [2.24, 2.45) is 5.92 Å². The number of carbonyl (C=O) groups excluding carboxylic acids is 2. The topological polar surface area (TPSA) is 71.1 Å². The molecule has 26 heavy (non-hydrogen) atoms. The second-order valence-electron chi connectivity index (χ2n) is 6.45. The number of pyridine rings is 1. The highest BCUT2D eigenvalue weighted by molar-refractivity contribution is 6.01. The first-order valence-corrected chi connectivity index (χ1v) is 8.91. The van der Waals surface area contributed by atoms with Gasteiger partial charge in [-0.05, 0) is 48.9 Å². The Labute approximate surface area is 156 Å². The number of hydrogen-bond acceptors (Lipinski definition) is 3. The lowest BCUT2D eigenvalue weighted by Crippen LogP contribution is -2.26. The zero-order valence-corrected chi connectivity index (χ0v) is 14.9. The van der Waals surface area contributed by atoms with Gasteiger partial charge in [0.1, 0.15) is 5.69 Å². The summed E-state index contributed by atoms with van der Waals surface area (Å²) in [6.07, 6.45) is 5.72. The molecule has 5 heteroatoms. The summed E-state index contributed by atoms with van der Waals surface area (Å²) in [7, 11) is 0. The number of benzene rings is 1. The molecular formula is C21H27N3O2. The van der Waals surface area contributed by atoms with Crippen LogP contribution in [0.2, 0.25) is 0 Å². The van der Waals surface area contributed by atoms with E-state index in [9.17, 15) is 9.59 Å². The van der Waals surface area contributed by atoms with Gasteiger partial charge >= 0.3 is 0 Å². The lowest BCUT2D eigenvalue weighted by molar-refractivity contribution is 0.0942. The van der Waals surface area contributed by atoms with Gasteiger partial charge in [-0.3, -0.25) is 14.6 Å². The molecular weight excluding hydrogens is 326 g/mol. The Hall–Kier alpha value is -2.95. The van der Waals surface area contributed by atoms with Gasteiger partial charge in [-0.2, -0.15) is 0 Å². The van der Waals surface area contributed by atoms with E-state index in [1.165, 1.54) is 12.8 Å². The number of nitrogens with zero attached hydrogens (tertiary/aromatic N) is 1. The molecule has 0 radical (unpaired) electrons. The summed E-state index contributed by atoms with van der Waals surface area (Å²) in [6, 6.07) is 9.11. The van der Waals surface area contributed by atoms with Gasteiger partial charge in [0, 0.05) is 33.3 Å². The van der Waals surface area contributed by atoms with Crippen molar-refractivity contribution in [1.29, 1.82) is 0 Å². The first-order valence-electron chi connectivity index (χ1n) is 8.91. The Balaban J connectivity index is 0.00000196. The van der Waals surface area contributed by atoms with E-state index in [0.29, 0.717) is 30.3 Å². The third kappa shape index (κ3) is 4.17. The van der Waals surface area contributed by atoms with Gasteiger partial charge in [-0.1, -0.05) is 30.9 Å². The molecule has 0 bridgehead atoms. The molecule has 1 aliphatic rings. The van der Waals surface area contributed by atoms with Crippen LogP contribution in [0.25, 0.3) is 17.2 Å². The minimum absolute atomic E-state index is 0. The molecule has 1 fully saturated rings. The van der Waals surface area contributed by atoms with Crippen LogP contribution in [0, 0.1) is 5.92 Å². The van der Waals surface area contributed by atoms with Gasteiger partial charge in [-0.25, -0.2) is 0 Å². The molecule has 0 aliphatic heterocycles. The molecule has 1 heterocycles. The van der Waals surface area contributed by atoms with Crippen molar-refractivity contribution in [3.05, 3.63) is 59.9 Å². The SMILES string of the molecule is C=Cc1ccc(-c2ccc(C(=O)NCC3CC3)nc2)c(C(=O)NCC)c1.[HH].[HH]. The standard InChI is InChI=1S/C21H23N3O2.2H2/c1-3-14-7-9-17(18(11-14)20(25)22-4-2)16-8-10-19(23-13-16)21(26)24-12-15-5-6-15;;/h3,7-11,13,15H,1,4-6,12H2,2H3,(H,22,25)(H,24,26);2*1H. The summed E-state index contributed by atoms with van der Waals surface area (Å²) in [5, 5.41) is 5.73. The second-order valence-corrected chi connectivity index (χ2v) is 6.45. The fraction of sp³-hybridized carbons (Fsp3) is 0.286. The average Bonchev–Trinajstić information content (AvgIpc) is 3.50. The van der Waals surface area contributed by atoms with Crippen LogP contribution < -0.4 is 10.6 Å². The monoisotopic (exact) mass is 353 g/mol. The van der Waals surface area contributed by atoms with Crippen LogP contribution in [0.1, 0.15) is 49.0 Å². The predicted octanol–water partition coefficient (Wildman–Crippen LogP) is 3.77. The normalized spacial score (nSPS) is 13.1. The lowest BCUT2D eigenvalue weighted by Gasteiger charge is -2.11. The maximum Gasteiger partial charge on any atom is 0.269 e. The molecule has 138 valence electrons. The number of hydrogen-bond donors (Lipinski definition) is 2. The number of aromatic nitrogens is 1. The van der Waals surface area contributed by atoms with E-state index in [1.54, 1.807) is 18.3 Å². The molecule has 2 N–H and O–H groups in total. The van der Waals surface area contributed by atoms with Crippen LogP contribution in [0.4, 0.5) is 0 Å². The van der Waals surface area contributed by atoms with Crippen LogP contribution in [-0.2, 0) is 0 Å². The van der Waals surface area contributed by atoms with Crippen LogP contribution >= 0.6 is 0 Å². The Kier molecular flexibility index (Phi) is 5.46. The molecule has 3 rings (SSSR count). The zero-order valence-electron chi connectivity index (χ0n) is 14.9. The minimum Gasteiger partial charge on any atom is -0.352 e. The molecule has 1 aromatic heterocycles. The maximum absolute atomic E-state index is 12.4. The summed E-state index contributed by atoms with van der Waals surface area (Å²) in [6.45, 7) is 6.90. The smallest absolute Gasteiger partial charge is 0.269 e. The van der Waals surface area contributed by atoms with Crippen molar-refractivity contribution < 1.29 is 12.4 Å². The second kappa shape index (κ2) is 7.95. The van der Waals surface area contributed by atoms with Crippen molar-refractivity contribution in [3.63, 3.8) is 0 Å². The molecule has 1 saturated carbocycles. The predicted molar refractivity (Wildman–Crippen MR) is 107 cm³/mol. The van der Waals surface area contributed by atoms with E-state index in [-0.39, 0.29) is 14.7 Å². The van der Waals surface area contributed by atoms with Crippen molar-refractivity contribution in [3.8, 4) is 11.1 Å². The summed E-state index contributed by atoms with van der Waals surface area (Å²) < 4.78 is 0. The van der Waals surface area contributed by atoms with E-state index >= 15 is 0 Å². The fourth-order valence-corrected chi connectivity index (χ4v) is 2.72. The summed E-state index contributed by atoms with van der Waals surface area (Å²) in [5.74, 6) is 0.327. The molecule has 0 unspecified atom stereocenters. The average molecular weight is 353 g/mol. The van der Waals surface area contributed by atoms with Crippen LogP contribution in [0.3, 0.4) is 0 Å². The van der Waals surface area contributed by atoms with E-state index in [1.807, 2.05) is 31.2 Å². The summed E-state index contributed by atoms with van der Waals surface area (Å²) >= 11 is 0. The van der Waals surface area contributed by atoms with Gasteiger partial charge in [0.05, 0.1) is 0 Å². The fourth-order valence-electron chi connectivity index (χ4n) is 2.72. The molecule has 0 spiro atoms. The number of nitrogens with one attached hydrogen (secondary N) is 2. The Morgan fingerprint density at radius 2 is 2.04 bits per heavy atom. The zero-order chi connectivity index (χ0) is 18.5. The first kappa shape index (κ1) is 17.9. The molecule has 0 atom stereocenters. The molecule has 1 aromatic carbocycles. The van der Waals surface area contributed by atoms with Crippen LogP contribution in [-0.4, -0.2) is 29.9 Å². The van der Waals surface area contributed by atoms with E-state index < -0.39 is 0 Å². The largest absolute Gasteiger partial charge is 0.352 e. The van der Waals surface area contributed by atoms with Gasteiger partial charge in [-0.15, -0.1) is 0 Å². The first-order chi connectivity index (χ1) is 12.6. The van der Waals surface area contributed by atoms with E-state index in [0.717, 1.165) is 16.7 Å². The van der Waals surface area contributed by atoms with Crippen LogP contribution in [0.15, 0.2) is 43.1 Å². The third-order valence-corrected chi connectivity index (χ3v) is 4.42. The molecule has 0 saturated heterocycles. The highest BCUT2D eigenvalue weighted by atomic mass is 16.2. The van der Waals surface area contributed by atoms with Crippen LogP contribution in [0.5, 0.6) is 0 Å². The highest BCUT2D eigenvalue weighted by Gasteiger charge is 2.22. The van der Waals surface area contributed by atoms with Crippen molar-refractivity contribution in [1.82, 2.24) is 15.6 Å². The minimum atomic E-state index is -0.158. The molecule has 5 nitrogen and oxygen atoms in total. The Morgan fingerprint density at radius 3 is 2.65 bits per heavy atom. The molecule has 1 aliphatic carbocycles. The van der Waals surface area contributed by atoms with Crippen molar-refractivity contribution >= 4 is 17.9 Å². The van der Waals surface area contributed by atoms with Gasteiger partial charge in [0.25, 0.3) is 11.8 Å². The van der Waals surface area contributed by atoms with E-state index in [2.05, 4.69) is 22.2 Å². The van der Waals surface area contributed by atoms with Gasteiger partial charge < -0.3 is 10.6 Å². The number of amides is 2. The highest BCUT2D eigenvalue weighted by Crippen LogP contribution is 2.28. The quantitative estimate of drug-likeness (QED) is 0.796. The Bertz CT molecular complexity index is 834. The Morgan fingerprint density at radius 1 is 1.23 bits per heavy atom. The summed E-state index contributed by atoms with van der Waals surface area (Å²) in [4.78, 5) is 28.8. The number of rotatable bonds is 7. The van der Waals surface area contributed by atoms with Crippen molar-refractivity contribution in [2.75, 3.05) is 13.1 Å². The lowest BCUT2D eigenvalue weighted by atomic mass is 9.97. The molecule has 2 amide bonds. The van der Waals surface area contributed by atoms with Crippen molar-refractivity contribution in [2.45, 2.75) is 19.8 Å². The summed E-state index contributed by atoms with van der Waals surface area (Å²) in [5.41, 5.74) is 3.40. The number of carbonyl (C=O) groups is 2. The maximum atomic E-state index is 12.4. The molecule has 2 aromatic rings. The van der Waals surface area contributed by atoms with Gasteiger partial charge in [0.2, 0.25) is 0 Å². The van der Waals surface area contributed by atoms with Gasteiger partial charge in [0.15, 0.2) is 0 Å². The third-order valence-electron chi connectivity index (χ3n) is 4.42.